The lowest BCUT2D eigenvalue weighted by Crippen LogP contribution is -2.53. The van der Waals surface area contributed by atoms with Gasteiger partial charge in [0.1, 0.15) is 22.0 Å². The standard InChI is InChI=1S/C33H39N7O3S/c1-42-21-9-3-2-4-10-22-43-31-14-8-7-13-30(31)39-24-44-32(36-39)28-23-38(20-19-34-28)26-17-15-25(16-18-26)33(41)40-29-12-6-5-11-27(29)35-37-40/h5-8,11-18,28,34H,2-4,9-10,19-24H2,1H3. The molecule has 0 radical (unpaired) electrons. The van der Waals surface area contributed by atoms with Crippen LogP contribution in [0.1, 0.15) is 42.5 Å². The van der Waals surface area contributed by atoms with E-state index >= 15 is 0 Å². The number of thioether (sulfide) groups is 1. The number of fused-ring (bicyclic) bond motifs is 1. The molecular formula is C33H39N7O3S. The zero-order chi connectivity index (χ0) is 30.1. The highest BCUT2D eigenvalue weighted by molar-refractivity contribution is 8.14. The number of hydrogen-bond acceptors (Lipinski definition) is 10. The number of ether oxygens (including phenoxy) is 2. The maximum atomic E-state index is 13.1. The van der Waals surface area contributed by atoms with Crippen LogP contribution in [0.4, 0.5) is 11.4 Å². The van der Waals surface area contributed by atoms with Crippen molar-refractivity contribution in [2.45, 2.75) is 38.1 Å². The number of unbranched alkanes of at least 4 members (excludes halogenated alkanes) is 4. The van der Waals surface area contributed by atoms with E-state index in [0.717, 1.165) is 73.5 Å². The summed E-state index contributed by atoms with van der Waals surface area (Å²) in [6, 6.07) is 23.5. The highest BCUT2D eigenvalue weighted by atomic mass is 32.2. The molecule has 4 aromatic rings. The van der Waals surface area contributed by atoms with E-state index in [1.807, 2.05) is 66.7 Å². The van der Waals surface area contributed by atoms with Crippen molar-refractivity contribution in [2.75, 3.05) is 55.7 Å². The van der Waals surface area contributed by atoms with Crippen molar-refractivity contribution in [2.24, 2.45) is 5.10 Å². The summed E-state index contributed by atoms with van der Waals surface area (Å²) in [4.78, 5) is 15.5. The lowest BCUT2D eigenvalue weighted by atomic mass is 10.1. The van der Waals surface area contributed by atoms with Gasteiger partial charge in [0.15, 0.2) is 0 Å². The number of nitrogens with one attached hydrogen (secondary N) is 1. The number of hydrogen-bond donors (Lipinski definition) is 1. The molecule has 2 aliphatic heterocycles. The van der Waals surface area contributed by atoms with E-state index in [0.29, 0.717) is 23.2 Å². The van der Waals surface area contributed by atoms with Crippen LogP contribution in [0.3, 0.4) is 0 Å². The third-order valence-corrected chi connectivity index (χ3v) is 8.98. The van der Waals surface area contributed by atoms with Gasteiger partial charge in [0.25, 0.3) is 5.91 Å². The molecule has 1 N–H and O–H groups in total. The van der Waals surface area contributed by atoms with E-state index in [1.54, 1.807) is 18.9 Å². The first-order valence-electron chi connectivity index (χ1n) is 15.3. The van der Waals surface area contributed by atoms with Crippen molar-refractivity contribution in [1.82, 2.24) is 20.3 Å². The molecule has 1 atom stereocenters. The van der Waals surface area contributed by atoms with Crippen molar-refractivity contribution < 1.29 is 14.3 Å². The molecule has 1 fully saturated rings. The van der Waals surface area contributed by atoms with Crippen molar-refractivity contribution in [3.8, 4) is 5.75 Å². The fourth-order valence-electron chi connectivity index (χ4n) is 5.56. The van der Waals surface area contributed by atoms with E-state index < -0.39 is 0 Å². The Balaban J connectivity index is 1.05. The zero-order valence-electron chi connectivity index (χ0n) is 25.1. The van der Waals surface area contributed by atoms with E-state index in [1.165, 1.54) is 17.5 Å². The van der Waals surface area contributed by atoms with Crippen molar-refractivity contribution in [1.29, 1.82) is 0 Å². The predicted octanol–water partition coefficient (Wildman–Crippen LogP) is 5.40. The molecule has 0 saturated carbocycles. The number of carbonyl (C=O) groups excluding carboxylic acids is 1. The fourth-order valence-corrected chi connectivity index (χ4v) is 6.52. The van der Waals surface area contributed by atoms with E-state index in [9.17, 15) is 4.79 Å². The lowest BCUT2D eigenvalue weighted by Gasteiger charge is -2.35. The van der Waals surface area contributed by atoms with Gasteiger partial charge in [-0.05, 0) is 61.4 Å². The molecule has 230 valence electrons. The Morgan fingerprint density at radius 3 is 2.59 bits per heavy atom. The summed E-state index contributed by atoms with van der Waals surface area (Å²) in [5.41, 5.74) is 4.06. The van der Waals surface area contributed by atoms with Crippen LogP contribution in [0, 0.1) is 0 Å². The molecule has 0 aliphatic carbocycles. The summed E-state index contributed by atoms with van der Waals surface area (Å²) in [5.74, 6) is 1.44. The van der Waals surface area contributed by atoms with Gasteiger partial charge in [-0.1, -0.05) is 60.5 Å². The summed E-state index contributed by atoms with van der Waals surface area (Å²) in [6.45, 7) is 4.07. The minimum atomic E-state index is -0.192. The Labute approximate surface area is 262 Å². The molecule has 2 aliphatic rings. The van der Waals surface area contributed by atoms with E-state index in [-0.39, 0.29) is 11.9 Å². The Hall–Kier alpha value is -3.93. The van der Waals surface area contributed by atoms with Gasteiger partial charge in [0.05, 0.1) is 24.0 Å². The number of aromatic nitrogens is 3. The number of anilines is 2. The zero-order valence-corrected chi connectivity index (χ0v) is 25.9. The molecule has 0 spiro atoms. The second-order valence-electron chi connectivity index (χ2n) is 11.0. The number of nitrogens with zero attached hydrogens (tertiary/aromatic N) is 6. The third kappa shape index (κ3) is 7.06. The Morgan fingerprint density at radius 2 is 1.73 bits per heavy atom. The van der Waals surface area contributed by atoms with Crippen molar-refractivity contribution >= 4 is 45.1 Å². The molecule has 11 heteroatoms. The molecule has 3 aromatic carbocycles. The second kappa shape index (κ2) is 14.7. The number of benzene rings is 3. The number of hydrazone groups is 1. The van der Waals surface area contributed by atoms with Crippen molar-refractivity contribution in [3.63, 3.8) is 0 Å². The molecule has 1 aromatic heterocycles. The quantitative estimate of drug-likeness (QED) is 0.199. The van der Waals surface area contributed by atoms with Crippen LogP contribution in [0.2, 0.25) is 0 Å². The molecule has 0 amide bonds. The summed E-state index contributed by atoms with van der Waals surface area (Å²) in [6.07, 6.45) is 5.73. The normalized spacial score (nSPS) is 16.8. The highest BCUT2D eigenvalue weighted by Crippen LogP contribution is 2.34. The molecule has 10 nitrogen and oxygen atoms in total. The Kier molecular flexibility index (Phi) is 10.1. The summed E-state index contributed by atoms with van der Waals surface area (Å²) >= 11 is 1.77. The predicted molar refractivity (Wildman–Crippen MR) is 177 cm³/mol. The van der Waals surface area contributed by atoms with Gasteiger partial charge in [-0.15, -0.1) is 5.10 Å². The number of rotatable bonds is 13. The topological polar surface area (TPSA) is 97.1 Å². The van der Waals surface area contributed by atoms with Crippen LogP contribution in [0.15, 0.2) is 77.9 Å². The van der Waals surface area contributed by atoms with Crippen LogP contribution < -0.4 is 20.0 Å². The molecule has 1 saturated heterocycles. The smallest absolute Gasteiger partial charge is 0.280 e. The molecule has 0 bridgehead atoms. The largest absolute Gasteiger partial charge is 0.491 e. The van der Waals surface area contributed by atoms with Gasteiger partial charge in [0, 0.05) is 44.6 Å². The molecule has 44 heavy (non-hydrogen) atoms. The number of carbonyl (C=O) groups is 1. The Morgan fingerprint density at radius 1 is 0.955 bits per heavy atom. The maximum absolute atomic E-state index is 13.1. The van der Waals surface area contributed by atoms with Gasteiger partial charge in [-0.3, -0.25) is 9.80 Å². The maximum Gasteiger partial charge on any atom is 0.280 e. The summed E-state index contributed by atoms with van der Waals surface area (Å²) < 4.78 is 12.7. The number of piperazine rings is 1. The first kappa shape index (κ1) is 30.1. The van der Waals surface area contributed by atoms with Gasteiger partial charge in [-0.25, -0.2) is 0 Å². The minimum absolute atomic E-state index is 0.118. The van der Waals surface area contributed by atoms with E-state index in [2.05, 4.69) is 31.6 Å². The molecule has 3 heterocycles. The van der Waals surface area contributed by atoms with Crippen LogP contribution in [0.5, 0.6) is 5.75 Å². The summed E-state index contributed by atoms with van der Waals surface area (Å²) in [5, 5.41) is 20.0. The lowest BCUT2D eigenvalue weighted by molar-refractivity contribution is 0.0948. The molecule has 1 unspecified atom stereocenters. The third-order valence-electron chi connectivity index (χ3n) is 7.94. The minimum Gasteiger partial charge on any atom is -0.491 e. The number of para-hydroxylation sites is 3. The second-order valence-corrected chi connectivity index (χ2v) is 11.9. The van der Waals surface area contributed by atoms with Crippen LogP contribution >= 0.6 is 11.8 Å². The van der Waals surface area contributed by atoms with Crippen molar-refractivity contribution in [3.05, 3.63) is 78.4 Å². The average molecular weight is 614 g/mol. The van der Waals surface area contributed by atoms with Gasteiger partial charge in [-0.2, -0.15) is 9.78 Å². The van der Waals surface area contributed by atoms with E-state index in [4.69, 9.17) is 14.6 Å². The Bertz CT molecular complexity index is 1580. The van der Waals surface area contributed by atoms with Gasteiger partial charge < -0.3 is 19.7 Å². The van der Waals surface area contributed by atoms with Crippen LogP contribution in [-0.4, -0.2) is 77.8 Å². The van der Waals surface area contributed by atoms with Gasteiger partial charge in [0.2, 0.25) is 0 Å². The van der Waals surface area contributed by atoms with Gasteiger partial charge >= 0.3 is 0 Å². The van der Waals surface area contributed by atoms with Crippen LogP contribution in [0.25, 0.3) is 11.0 Å². The highest BCUT2D eigenvalue weighted by Gasteiger charge is 2.29. The monoisotopic (exact) mass is 613 g/mol. The number of methoxy groups -OCH3 is 1. The first-order chi connectivity index (χ1) is 21.7. The van der Waals surface area contributed by atoms with Crippen LogP contribution in [-0.2, 0) is 4.74 Å². The first-order valence-corrected chi connectivity index (χ1v) is 16.3. The molecule has 6 rings (SSSR count). The average Bonchev–Trinajstić information content (AvgIpc) is 3.74. The SMILES string of the molecule is COCCCCCCCOc1ccccc1N1CSC(C2CN(c3ccc(C(=O)n4nnc5ccccc54)cc3)CCN2)=N1. The summed E-state index contributed by atoms with van der Waals surface area (Å²) in [7, 11) is 1.76. The molecular weight excluding hydrogens is 574 g/mol. The fraction of sp³-hybridized carbons (Fsp3) is 0.394.